The molecule has 1 heterocycles. The Morgan fingerprint density at radius 2 is 1.64 bits per heavy atom. The van der Waals surface area contributed by atoms with Crippen molar-refractivity contribution in [2.45, 2.75) is 92.6 Å². The Hall–Kier alpha value is -3.98. The van der Waals surface area contributed by atoms with Crippen LogP contribution in [0.3, 0.4) is 0 Å². The third-order valence-electron chi connectivity index (χ3n) is 10.4. The number of phenols is 1. The van der Waals surface area contributed by atoms with Crippen LogP contribution in [-0.4, -0.2) is 49.2 Å². The molecule has 1 unspecified atom stereocenters. The van der Waals surface area contributed by atoms with Gasteiger partial charge in [-0.2, -0.15) is 0 Å². The first kappa shape index (κ1) is 32.4. The van der Waals surface area contributed by atoms with Gasteiger partial charge in [0.15, 0.2) is 28.7 Å². The SMILES string of the molecule is CC(=O)C1=C(O)C(C(C)C)[C@@]2(C)C[C@@]3(C)Cc4c(C(C)C)cc(CCc5ccc(C(C)=O)o5)c(O)c4C(=O)C3=C(O)[C@@]2(O)C1=O. The van der Waals surface area contributed by atoms with E-state index in [0.717, 1.165) is 12.5 Å². The first-order valence-corrected chi connectivity index (χ1v) is 15.5. The molecule has 9 nitrogen and oxygen atoms in total. The van der Waals surface area contributed by atoms with Crippen LogP contribution >= 0.6 is 0 Å². The summed E-state index contributed by atoms with van der Waals surface area (Å²) in [5.74, 6) is -4.75. The molecule has 0 radical (unpaired) electrons. The maximum absolute atomic E-state index is 14.5. The number of aliphatic hydroxyl groups excluding tert-OH is 2. The highest BCUT2D eigenvalue weighted by Gasteiger charge is 2.71. The Kier molecular flexibility index (Phi) is 7.59. The van der Waals surface area contributed by atoms with E-state index in [1.54, 1.807) is 39.8 Å². The van der Waals surface area contributed by atoms with Crippen molar-refractivity contribution in [3.8, 4) is 5.75 Å². The highest BCUT2D eigenvalue weighted by atomic mass is 16.4. The molecule has 240 valence electrons. The summed E-state index contributed by atoms with van der Waals surface area (Å²) in [7, 11) is 0. The van der Waals surface area contributed by atoms with Gasteiger partial charge >= 0.3 is 0 Å². The third kappa shape index (κ3) is 4.45. The van der Waals surface area contributed by atoms with E-state index in [0.29, 0.717) is 29.7 Å². The molecule has 0 saturated heterocycles. The number of Topliss-reactive ketones (excluding diaryl/α,β-unsaturated/α-hetero) is 4. The Morgan fingerprint density at radius 1 is 1.00 bits per heavy atom. The first-order valence-electron chi connectivity index (χ1n) is 15.5. The lowest BCUT2D eigenvalue weighted by Gasteiger charge is -2.59. The van der Waals surface area contributed by atoms with Gasteiger partial charge < -0.3 is 24.8 Å². The average Bonchev–Trinajstić information content (AvgIpc) is 3.39. The van der Waals surface area contributed by atoms with Crippen molar-refractivity contribution in [1.29, 1.82) is 0 Å². The van der Waals surface area contributed by atoms with Gasteiger partial charge in [-0.05, 0) is 66.8 Å². The molecule has 3 aliphatic carbocycles. The molecular weight excluding hydrogens is 576 g/mol. The fourth-order valence-corrected chi connectivity index (χ4v) is 8.55. The van der Waals surface area contributed by atoms with Crippen molar-refractivity contribution in [3.63, 3.8) is 0 Å². The lowest BCUT2D eigenvalue weighted by Crippen LogP contribution is -2.67. The fourth-order valence-electron chi connectivity index (χ4n) is 8.55. The van der Waals surface area contributed by atoms with Crippen molar-refractivity contribution in [2.24, 2.45) is 22.7 Å². The molecule has 1 aromatic carbocycles. The number of rotatable bonds is 7. The van der Waals surface area contributed by atoms with Crippen molar-refractivity contribution in [3.05, 3.63) is 74.6 Å². The number of ketones is 4. The predicted molar refractivity (Wildman–Crippen MR) is 165 cm³/mol. The number of furan rings is 1. The zero-order chi connectivity index (χ0) is 33.5. The molecule has 0 amide bonds. The van der Waals surface area contributed by atoms with Gasteiger partial charge in [0, 0.05) is 35.7 Å². The second-order valence-corrected chi connectivity index (χ2v) is 14.3. The lowest BCUT2D eigenvalue weighted by atomic mass is 9.44. The zero-order valence-electron chi connectivity index (χ0n) is 27.1. The maximum Gasteiger partial charge on any atom is 0.209 e. The van der Waals surface area contributed by atoms with Crippen molar-refractivity contribution >= 4 is 23.1 Å². The topological polar surface area (TPSA) is 162 Å². The quantitative estimate of drug-likeness (QED) is 0.214. The molecule has 4 N–H and O–H groups in total. The van der Waals surface area contributed by atoms with E-state index in [2.05, 4.69) is 0 Å². The molecule has 45 heavy (non-hydrogen) atoms. The van der Waals surface area contributed by atoms with Crippen LogP contribution in [0.15, 0.2) is 45.3 Å². The standard InChI is InChI=1S/C36H42O9/c1-16(2)22-13-20(9-10-21-11-12-24(45-21)18(5)37)29(39)26-23(22)14-34(7)15-35(8)27(17(3)4)30(40)25(19(6)38)32(42)36(35,44)33(43)28(34)31(26)41/h11-13,16-17,27,39-40,43-44H,9-10,14-15H2,1-8H3/t27?,34-,35-,36+/m1/s1. The molecule has 0 spiro atoms. The second kappa shape index (κ2) is 10.5. The van der Waals surface area contributed by atoms with Crippen LogP contribution in [0.5, 0.6) is 5.75 Å². The molecule has 0 fully saturated rings. The number of hydrogen-bond donors (Lipinski definition) is 4. The zero-order valence-corrected chi connectivity index (χ0v) is 27.1. The maximum atomic E-state index is 14.5. The summed E-state index contributed by atoms with van der Waals surface area (Å²) in [6.07, 6.45) is 0.914. The van der Waals surface area contributed by atoms with E-state index in [4.69, 9.17) is 4.42 Å². The minimum atomic E-state index is -2.65. The monoisotopic (exact) mass is 618 g/mol. The number of phenolic OH excluding ortho intramolecular Hbond substituents is 1. The molecule has 0 saturated carbocycles. The van der Waals surface area contributed by atoms with Crippen molar-refractivity contribution < 1.29 is 44.0 Å². The lowest BCUT2D eigenvalue weighted by molar-refractivity contribution is -0.171. The minimum absolute atomic E-state index is 0.0140. The molecular formula is C36H42O9. The number of aliphatic hydroxyl groups is 3. The number of hydrogen-bond acceptors (Lipinski definition) is 9. The molecule has 0 aliphatic heterocycles. The number of fused-ring (bicyclic) bond motifs is 3. The van der Waals surface area contributed by atoms with E-state index in [9.17, 15) is 39.6 Å². The predicted octanol–water partition coefficient (Wildman–Crippen LogP) is 6.05. The third-order valence-corrected chi connectivity index (χ3v) is 10.4. The summed E-state index contributed by atoms with van der Waals surface area (Å²) < 4.78 is 5.61. The van der Waals surface area contributed by atoms with E-state index in [1.165, 1.54) is 6.92 Å². The molecule has 2 aromatic rings. The summed E-state index contributed by atoms with van der Waals surface area (Å²) in [6.45, 7) is 13.5. The van der Waals surface area contributed by atoms with Crippen LogP contribution < -0.4 is 0 Å². The first-order chi connectivity index (χ1) is 20.8. The van der Waals surface area contributed by atoms with Crippen molar-refractivity contribution in [2.75, 3.05) is 0 Å². The summed E-state index contributed by atoms with van der Waals surface area (Å²) in [5.41, 5.74) is -3.97. The van der Waals surface area contributed by atoms with Crippen LogP contribution in [-0.2, 0) is 28.9 Å². The Balaban J connectivity index is 1.70. The van der Waals surface area contributed by atoms with Gasteiger partial charge in [0.1, 0.15) is 28.6 Å². The second-order valence-electron chi connectivity index (χ2n) is 14.3. The number of benzene rings is 1. The highest BCUT2D eigenvalue weighted by Crippen LogP contribution is 2.65. The van der Waals surface area contributed by atoms with E-state index < -0.39 is 56.8 Å². The normalized spacial score (nSPS) is 28.0. The van der Waals surface area contributed by atoms with Gasteiger partial charge in [-0.25, -0.2) is 0 Å². The van der Waals surface area contributed by atoms with Gasteiger partial charge in [0.2, 0.25) is 5.78 Å². The molecule has 3 aliphatic rings. The Morgan fingerprint density at radius 3 is 2.18 bits per heavy atom. The minimum Gasteiger partial charge on any atom is -0.511 e. The molecule has 4 atom stereocenters. The van der Waals surface area contributed by atoms with Crippen LogP contribution in [0.4, 0.5) is 0 Å². The summed E-state index contributed by atoms with van der Waals surface area (Å²) in [6, 6.07) is 5.17. The van der Waals surface area contributed by atoms with Gasteiger partial charge in [-0.1, -0.05) is 47.6 Å². The number of allylic oxidation sites excluding steroid dienone is 2. The van der Waals surface area contributed by atoms with E-state index in [-0.39, 0.29) is 53.1 Å². The van der Waals surface area contributed by atoms with E-state index >= 15 is 0 Å². The average molecular weight is 619 g/mol. The van der Waals surface area contributed by atoms with Gasteiger partial charge in [-0.3, -0.25) is 19.2 Å². The van der Waals surface area contributed by atoms with Crippen LogP contribution in [0.2, 0.25) is 0 Å². The number of aromatic hydroxyl groups is 1. The molecule has 5 rings (SSSR count). The number of carbonyl (C=O) groups is 4. The summed E-state index contributed by atoms with van der Waals surface area (Å²) >= 11 is 0. The van der Waals surface area contributed by atoms with Gasteiger partial charge in [-0.15, -0.1) is 0 Å². The van der Waals surface area contributed by atoms with E-state index in [1.807, 2.05) is 19.9 Å². The van der Waals surface area contributed by atoms with Crippen LogP contribution in [0.1, 0.15) is 111 Å². The highest BCUT2D eigenvalue weighted by molar-refractivity contribution is 6.25. The Bertz CT molecular complexity index is 1730. The van der Waals surface area contributed by atoms with Crippen LogP contribution in [0.25, 0.3) is 0 Å². The Labute approximate surface area is 262 Å². The van der Waals surface area contributed by atoms with Gasteiger partial charge in [0.05, 0.1) is 5.56 Å². The summed E-state index contributed by atoms with van der Waals surface area (Å²) in [4.78, 5) is 52.7. The molecule has 0 bridgehead atoms. The number of aryl methyl sites for hydroxylation is 2. The van der Waals surface area contributed by atoms with Gasteiger partial charge in [0.25, 0.3) is 0 Å². The smallest absolute Gasteiger partial charge is 0.209 e. The number of carbonyl (C=O) groups excluding carboxylic acids is 4. The fraction of sp³-hybridized carbons (Fsp3) is 0.500. The molecule has 1 aromatic heterocycles. The molecule has 9 heteroatoms. The summed E-state index contributed by atoms with van der Waals surface area (Å²) in [5, 5.41) is 47.1. The largest absolute Gasteiger partial charge is 0.511 e. The van der Waals surface area contributed by atoms with Crippen molar-refractivity contribution in [1.82, 2.24) is 0 Å². The van der Waals surface area contributed by atoms with Crippen LogP contribution in [0, 0.1) is 22.7 Å².